The maximum absolute atomic E-state index is 5.23. The van der Waals surface area contributed by atoms with Gasteiger partial charge < -0.3 is 9.42 Å². The minimum absolute atomic E-state index is 0.525. The number of nitrogens with zero attached hydrogens (tertiary/aromatic N) is 4. The molecule has 1 aliphatic rings. The average Bonchev–Trinajstić information content (AvgIpc) is 3.07. The zero-order valence-corrected chi connectivity index (χ0v) is 10.6. The van der Waals surface area contributed by atoms with Crippen LogP contribution >= 0.6 is 0 Å². The van der Waals surface area contributed by atoms with Crippen LogP contribution in [-0.2, 0) is 6.42 Å². The molecule has 0 bridgehead atoms. The van der Waals surface area contributed by atoms with Crippen LogP contribution in [0.2, 0.25) is 0 Å². The number of aromatic nitrogens is 3. The van der Waals surface area contributed by atoms with E-state index in [-0.39, 0.29) is 0 Å². The van der Waals surface area contributed by atoms with Crippen LogP contribution in [0.1, 0.15) is 23.9 Å². The minimum Gasteiger partial charge on any atom is -0.361 e. The third-order valence-corrected chi connectivity index (χ3v) is 3.50. The van der Waals surface area contributed by atoms with Crippen molar-refractivity contribution in [2.24, 2.45) is 0 Å². The highest BCUT2D eigenvalue weighted by Gasteiger charge is 2.23. The third kappa shape index (κ3) is 2.46. The molecule has 96 valence electrons. The minimum atomic E-state index is 0.525. The fourth-order valence-corrected chi connectivity index (χ4v) is 2.53. The van der Waals surface area contributed by atoms with Crippen LogP contribution in [0.3, 0.4) is 0 Å². The van der Waals surface area contributed by atoms with Crippen molar-refractivity contribution in [1.82, 2.24) is 19.8 Å². The summed E-state index contributed by atoms with van der Waals surface area (Å²) in [5, 5.41) is 8.23. The van der Waals surface area contributed by atoms with Gasteiger partial charge in [-0.2, -0.15) is 5.10 Å². The van der Waals surface area contributed by atoms with Crippen molar-refractivity contribution in [1.29, 1.82) is 0 Å². The fourth-order valence-electron chi connectivity index (χ4n) is 2.53. The summed E-state index contributed by atoms with van der Waals surface area (Å²) in [7, 11) is 0. The van der Waals surface area contributed by atoms with E-state index in [0.29, 0.717) is 6.04 Å². The van der Waals surface area contributed by atoms with Crippen LogP contribution in [-0.4, -0.2) is 39.5 Å². The quantitative estimate of drug-likeness (QED) is 0.823. The lowest BCUT2D eigenvalue weighted by atomic mass is 10.3. The van der Waals surface area contributed by atoms with Crippen molar-refractivity contribution >= 4 is 0 Å². The van der Waals surface area contributed by atoms with Gasteiger partial charge in [-0.15, -0.1) is 0 Å². The summed E-state index contributed by atoms with van der Waals surface area (Å²) in [5.74, 6) is 0.982. The van der Waals surface area contributed by atoms with Crippen molar-refractivity contribution in [3.63, 3.8) is 0 Å². The van der Waals surface area contributed by atoms with Crippen LogP contribution in [0.5, 0.6) is 0 Å². The summed E-state index contributed by atoms with van der Waals surface area (Å²) < 4.78 is 7.30. The molecule has 1 unspecified atom stereocenters. The molecule has 0 amide bonds. The number of hydrogen-bond donors (Lipinski definition) is 0. The highest BCUT2D eigenvalue weighted by atomic mass is 16.5. The molecule has 1 aliphatic heterocycles. The first kappa shape index (κ1) is 11.5. The number of hydrogen-bond acceptors (Lipinski definition) is 4. The zero-order valence-electron chi connectivity index (χ0n) is 10.6. The van der Waals surface area contributed by atoms with Crippen molar-refractivity contribution in [2.45, 2.75) is 25.8 Å². The van der Waals surface area contributed by atoms with Crippen LogP contribution < -0.4 is 0 Å². The summed E-state index contributed by atoms with van der Waals surface area (Å²) in [5.41, 5.74) is 0.959. The van der Waals surface area contributed by atoms with E-state index in [4.69, 9.17) is 4.52 Å². The molecule has 1 atom stereocenters. The molecule has 5 nitrogen and oxygen atoms in total. The Bertz CT molecular complexity index is 491. The first-order valence-corrected chi connectivity index (χ1v) is 6.45. The summed E-state index contributed by atoms with van der Waals surface area (Å²) in [6.45, 7) is 5.20. The second kappa shape index (κ2) is 4.94. The lowest BCUT2D eigenvalue weighted by Gasteiger charge is -2.15. The van der Waals surface area contributed by atoms with E-state index in [1.807, 2.05) is 31.5 Å². The summed E-state index contributed by atoms with van der Waals surface area (Å²) >= 11 is 0. The van der Waals surface area contributed by atoms with Gasteiger partial charge in [0.2, 0.25) is 0 Å². The van der Waals surface area contributed by atoms with Gasteiger partial charge in [0.25, 0.3) is 0 Å². The summed E-state index contributed by atoms with van der Waals surface area (Å²) in [4.78, 5) is 2.46. The predicted molar refractivity (Wildman–Crippen MR) is 67.3 cm³/mol. The van der Waals surface area contributed by atoms with Crippen molar-refractivity contribution < 1.29 is 4.52 Å². The largest absolute Gasteiger partial charge is 0.361 e. The molecule has 5 heteroatoms. The monoisotopic (exact) mass is 246 g/mol. The first-order chi connectivity index (χ1) is 8.81. The van der Waals surface area contributed by atoms with E-state index >= 15 is 0 Å². The molecule has 0 spiro atoms. The smallest absolute Gasteiger partial charge is 0.138 e. The van der Waals surface area contributed by atoms with E-state index in [1.54, 1.807) is 0 Å². The Morgan fingerprint density at radius 3 is 3.17 bits per heavy atom. The van der Waals surface area contributed by atoms with Gasteiger partial charge in [-0.3, -0.25) is 4.68 Å². The molecular weight excluding hydrogens is 228 g/mol. The Morgan fingerprint density at radius 1 is 1.50 bits per heavy atom. The second-order valence-corrected chi connectivity index (χ2v) is 4.91. The van der Waals surface area contributed by atoms with Crippen LogP contribution in [0.4, 0.5) is 0 Å². The van der Waals surface area contributed by atoms with Gasteiger partial charge in [-0.1, -0.05) is 5.16 Å². The maximum atomic E-state index is 5.23. The molecule has 2 aromatic heterocycles. The van der Waals surface area contributed by atoms with Crippen LogP contribution in [0.25, 0.3) is 0 Å². The summed E-state index contributed by atoms with van der Waals surface area (Å²) in [6.07, 6.45) is 6.01. The molecule has 18 heavy (non-hydrogen) atoms. The molecule has 0 aromatic carbocycles. The molecule has 0 radical (unpaired) electrons. The zero-order chi connectivity index (χ0) is 12.4. The standard InChI is InChI=1S/C13H18N4O/c1-11-9-13(18-15-11)4-8-16-7-3-12(10-16)17-6-2-5-14-17/h2,5-6,9,12H,3-4,7-8,10H2,1H3. The highest BCUT2D eigenvalue weighted by molar-refractivity contribution is 5.03. The van der Waals surface area contributed by atoms with Gasteiger partial charge in [0.05, 0.1) is 11.7 Å². The Balaban J connectivity index is 1.51. The Hall–Kier alpha value is -1.62. The fraction of sp³-hybridized carbons (Fsp3) is 0.538. The van der Waals surface area contributed by atoms with Crippen LogP contribution in [0, 0.1) is 6.92 Å². The number of rotatable bonds is 4. The van der Waals surface area contributed by atoms with E-state index in [9.17, 15) is 0 Å². The van der Waals surface area contributed by atoms with Gasteiger partial charge in [0.1, 0.15) is 5.76 Å². The van der Waals surface area contributed by atoms with Crippen molar-refractivity contribution in [3.05, 3.63) is 36.0 Å². The topological polar surface area (TPSA) is 47.1 Å². The molecule has 3 heterocycles. The molecule has 3 rings (SSSR count). The summed E-state index contributed by atoms with van der Waals surface area (Å²) in [6, 6.07) is 4.53. The number of aryl methyl sites for hydroxylation is 1. The van der Waals surface area contributed by atoms with Crippen LogP contribution in [0.15, 0.2) is 29.0 Å². The van der Waals surface area contributed by atoms with E-state index in [0.717, 1.165) is 37.5 Å². The number of likely N-dealkylation sites (tertiary alicyclic amines) is 1. The molecule has 0 aliphatic carbocycles. The average molecular weight is 246 g/mol. The van der Waals surface area contributed by atoms with Gasteiger partial charge in [0, 0.05) is 44.5 Å². The van der Waals surface area contributed by atoms with Gasteiger partial charge in [-0.05, 0) is 19.4 Å². The van der Waals surface area contributed by atoms with Gasteiger partial charge in [0.15, 0.2) is 0 Å². The van der Waals surface area contributed by atoms with E-state index < -0.39 is 0 Å². The highest BCUT2D eigenvalue weighted by Crippen LogP contribution is 2.20. The SMILES string of the molecule is Cc1cc(CCN2CCC(n3cccn3)C2)on1. The normalized spacial score (nSPS) is 20.6. The Kier molecular flexibility index (Phi) is 3.15. The lowest BCUT2D eigenvalue weighted by molar-refractivity contribution is 0.301. The van der Waals surface area contributed by atoms with E-state index in [1.165, 1.54) is 6.42 Å². The molecule has 0 saturated carbocycles. The first-order valence-electron chi connectivity index (χ1n) is 6.45. The second-order valence-electron chi connectivity index (χ2n) is 4.91. The van der Waals surface area contributed by atoms with E-state index in [2.05, 4.69) is 19.8 Å². The lowest BCUT2D eigenvalue weighted by Crippen LogP contribution is -2.24. The molecule has 2 aromatic rings. The molecule has 1 fully saturated rings. The van der Waals surface area contributed by atoms with Gasteiger partial charge >= 0.3 is 0 Å². The third-order valence-electron chi connectivity index (χ3n) is 3.50. The van der Waals surface area contributed by atoms with Crippen molar-refractivity contribution in [2.75, 3.05) is 19.6 Å². The maximum Gasteiger partial charge on any atom is 0.138 e. The Morgan fingerprint density at radius 2 is 2.44 bits per heavy atom. The molecule has 1 saturated heterocycles. The van der Waals surface area contributed by atoms with Gasteiger partial charge in [-0.25, -0.2) is 0 Å². The molecular formula is C13H18N4O. The van der Waals surface area contributed by atoms with Crippen molar-refractivity contribution in [3.8, 4) is 0 Å². The Labute approximate surface area is 106 Å². The molecule has 0 N–H and O–H groups in total. The predicted octanol–water partition coefficient (Wildman–Crippen LogP) is 1.67.